The molecule has 3 aromatic rings. The lowest BCUT2D eigenvalue weighted by molar-refractivity contribution is 0.0363. The van der Waals surface area contributed by atoms with Gasteiger partial charge < -0.3 is 19.7 Å². The molecule has 9 nitrogen and oxygen atoms in total. The predicted molar refractivity (Wildman–Crippen MR) is 131 cm³/mol. The van der Waals surface area contributed by atoms with Gasteiger partial charge in [-0.15, -0.1) is 0 Å². The molecule has 9 heteroatoms. The highest BCUT2D eigenvalue weighted by Gasteiger charge is 2.22. The fraction of sp³-hybridized carbons (Fsp3) is 0.520. The number of morpholine rings is 1. The van der Waals surface area contributed by atoms with Gasteiger partial charge in [0.1, 0.15) is 11.6 Å². The molecule has 0 bridgehead atoms. The summed E-state index contributed by atoms with van der Waals surface area (Å²) in [5.74, 6) is 1.30. The van der Waals surface area contributed by atoms with Crippen molar-refractivity contribution in [1.29, 1.82) is 0 Å². The lowest BCUT2D eigenvalue weighted by atomic mass is 9.93. The van der Waals surface area contributed by atoms with Crippen molar-refractivity contribution >= 4 is 16.6 Å². The highest BCUT2D eigenvalue weighted by molar-refractivity contribution is 5.93. The summed E-state index contributed by atoms with van der Waals surface area (Å²) in [6.45, 7) is 6.56. The minimum absolute atomic E-state index is 0.0386. The number of pyridine rings is 2. The number of rotatable bonds is 6. The summed E-state index contributed by atoms with van der Waals surface area (Å²) in [7, 11) is 0. The Morgan fingerprint density at radius 2 is 1.85 bits per heavy atom. The average molecular weight is 465 g/mol. The number of fused-ring (bicyclic) bond motifs is 1. The van der Waals surface area contributed by atoms with Gasteiger partial charge in [-0.25, -0.2) is 15.0 Å². The van der Waals surface area contributed by atoms with Gasteiger partial charge in [0.05, 0.1) is 30.4 Å². The van der Waals surface area contributed by atoms with Crippen LogP contribution in [0.15, 0.2) is 35.5 Å². The molecule has 2 fully saturated rings. The molecule has 0 amide bonds. The Morgan fingerprint density at radius 1 is 1.12 bits per heavy atom. The van der Waals surface area contributed by atoms with Crippen molar-refractivity contribution in [2.45, 2.75) is 51.3 Å². The molecular weight excluding hydrogens is 432 g/mol. The third-order valence-corrected chi connectivity index (χ3v) is 6.83. The van der Waals surface area contributed by atoms with E-state index >= 15 is 0 Å². The number of aliphatic hydroxyl groups is 1. The van der Waals surface area contributed by atoms with Crippen LogP contribution in [0.4, 0.5) is 5.82 Å². The van der Waals surface area contributed by atoms with Gasteiger partial charge in [0.25, 0.3) is 5.56 Å². The van der Waals surface area contributed by atoms with E-state index in [1.54, 1.807) is 17.0 Å². The van der Waals surface area contributed by atoms with E-state index in [2.05, 4.69) is 20.2 Å². The van der Waals surface area contributed by atoms with Crippen LogP contribution in [-0.2, 0) is 11.3 Å². The van der Waals surface area contributed by atoms with Crippen LogP contribution >= 0.6 is 0 Å². The first-order valence-corrected chi connectivity index (χ1v) is 12.1. The first-order valence-electron chi connectivity index (χ1n) is 12.1. The molecule has 180 valence electrons. The van der Waals surface area contributed by atoms with E-state index in [1.165, 1.54) is 0 Å². The Hall–Kier alpha value is -2.88. The van der Waals surface area contributed by atoms with Crippen molar-refractivity contribution in [3.05, 3.63) is 46.9 Å². The van der Waals surface area contributed by atoms with Crippen LogP contribution in [0.2, 0.25) is 0 Å². The van der Waals surface area contributed by atoms with Crippen LogP contribution < -0.4 is 10.9 Å². The van der Waals surface area contributed by atoms with Crippen LogP contribution in [0.25, 0.3) is 22.0 Å². The molecule has 1 aliphatic carbocycles. The summed E-state index contributed by atoms with van der Waals surface area (Å²) in [6, 6.07) is 4.10. The van der Waals surface area contributed by atoms with E-state index in [-0.39, 0.29) is 17.7 Å². The number of aliphatic hydroxyl groups excluding tert-OH is 1. The normalized spacial score (nSPS) is 21.6. The van der Waals surface area contributed by atoms with E-state index < -0.39 is 0 Å². The number of aryl methyl sites for hydroxylation is 1. The zero-order chi connectivity index (χ0) is 23.5. The first kappa shape index (κ1) is 22.9. The van der Waals surface area contributed by atoms with Crippen molar-refractivity contribution in [2.75, 3.05) is 38.2 Å². The van der Waals surface area contributed by atoms with E-state index in [9.17, 15) is 9.90 Å². The maximum absolute atomic E-state index is 13.6. The summed E-state index contributed by atoms with van der Waals surface area (Å²) < 4.78 is 7.21. The zero-order valence-corrected chi connectivity index (χ0v) is 19.6. The molecule has 3 aromatic heterocycles. The number of aromatic nitrogens is 4. The second-order valence-corrected chi connectivity index (χ2v) is 9.26. The molecule has 1 saturated heterocycles. The van der Waals surface area contributed by atoms with Gasteiger partial charge in [-0.2, -0.15) is 0 Å². The van der Waals surface area contributed by atoms with Gasteiger partial charge in [0.15, 0.2) is 0 Å². The number of nitrogens with one attached hydrogen (secondary N) is 1. The van der Waals surface area contributed by atoms with E-state index in [0.29, 0.717) is 23.6 Å². The largest absolute Gasteiger partial charge is 0.393 e. The van der Waals surface area contributed by atoms with Gasteiger partial charge in [0, 0.05) is 56.4 Å². The van der Waals surface area contributed by atoms with Crippen LogP contribution in [0, 0.1) is 6.92 Å². The molecule has 1 saturated carbocycles. The Balaban J connectivity index is 1.50. The van der Waals surface area contributed by atoms with Gasteiger partial charge in [-0.3, -0.25) is 9.69 Å². The Labute approximate surface area is 198 Å². The highest BCUT2D eigenvalue weighted by Crippen LogP contribution is 2.28. The number of ether oxygens (including phenoxy) is 1. The molecule has 2 aliphatic rings. The fourth-order valence-electron chi connectivity index (χ4n) is 4.74. The molecule has 0 atom stereocenters. The fourth-order valence-corrected chi connectivity index (χ4v) is 4.74. The van der Waals surface area contributed by atoms with Crippen LogP contribution in [0.5, 0.6) is 0 Å². The first-order chi connectivity index (χ1) is 16.6. The zero-order valence-electron chi connectivity index (χ0n) is 19.6. The standard InChI is InChI=1S/C25H32N6O3/c1-17-26-15-19(16-27-17)22-14-18-6-7-31(9-8-30-10-12-34-13-11-30)25(33)23(18)24(29-22)28-20-2-4-21(32)5-3-20/h6-7,14-16,20-21,32H,2-5,8-13H2,1H3,(H,28,29). The molecule has 0 unspecified atom stereocenters. The maximum Gasteiger partial charge on any atom is 0.262 e. The summed E-state index contributed by atoms with van der Waals surface area (Å²) in [4.78, 5) is 29.4. The topological polar surface area (TPSA) is 105 Å². The molecule has 0 spiro atoms. The van der Waals surface area contributed by atoms with Crippen molar-refractivity contribution in [3.8, 4) is 11.3 Å². The maximum atomic E-state index is 13.6. The molecule has 0 aromatic carbocycles. The Morgan fingerprint density at radius 3 is 2.59 bits per heavy atom. The Kier molecular flexibility index (Phi) is 6.85. The SMILES string of the molecule is Cc1ncc(-c2cc3ccn(CCN4CCOCC4)c(=O)c3c(NC3CCC(O)CC3)n2)cn1. The predicted octanol–water partition coefficient (Wildman–Crippen LogP) is 2.21. The Bertz CT molecular complexity index is 1180. The van der Waals surface area contributed by atoms with Crippen molar-refractivity contribution in [2.24, 2.45) is 0 Å². The third-order valence-electron chi connectivity index (χ3n) is 6.83. The second-order valence-electron chi connectivity index (χ2n) is 9.26. The summed E-state index contributed by atoms with van der Waals surface area (Å²) >= 11 is 0. The van der Waals surface area contributed by atoms with E-state index in [0.717, 1.165) is 75.2 Å². The molecule has 0 radical (unpaired) electrons. The minimum Gasteiger partial charge on any atom is -0.393 e. The van der Waals surface area contributed by atoms with Gasteiger partial charge >= 0.3 is 0 Å². The molecule has 34 heavy (non-hydrogen) atoms. The minimum atomic E-state index is -0.240. The second kappa shape index (κ2) is 10.2. The molecule has 2 N–H and O–H groups in total. The van der Waals surface area contributed by atoms with Crippen molar-refractivity contribution in [3.63, 3.8) is 0 Å². The number of anilines is 1. The smallest absolute Gasteiger partial charge is 0.262 e. The van der Waals surface area contributed by atoms with E-state index in [1.807, 2.05) is 25.3 Å². The third kappa shape index (κ3) is 5.11. The number of hydrogen-bond acceptors (Lipinski definition) is 8. The van der Waals surface area contributed by atoms with Crippen LogP contribution in [-0.4, -0.2) is 74.5 Å². The molecule has 1 aliphatic heterocycles. The monoisotopic (exact) mass is 464 g/mol. The van der Waals surface area contributed by atoms with E-state index in [4.69, 9.17) is 9.72 Å². The number of nitrogens with zero attached hydrogens (tertiary/aromatic N) is 5. The van der Waals surface area contributed by atoms with Crippen LogP contribution in [0.1, 0.15) is 31.5 Å². The lowest BCUT2D eigenvalue weighted by Gasteiger charge is -2.27. The molecular formula is C25H32N6O3. The van der Waals surface area contributed by atoms with Crippen molar-refractivity contribution in [1.82, 2.24) is 24.4 Å². The molecule has 4 heterocycles. The summed E-state index contributed by atoms with van der Waals surface area (Å²) in [5, 5.41) is 14.9. The quantitative estimate of drug-likeness (QED) is 0.572. The van der Waals surface area contributed by atoms with Gasteiger partial charge in [0.2, 0.25) is 0 Å². The molecule has 5 rings (SSSR count). The van der Waals surface area contributed by atoms with Crippen molar-refractivity contribution < 1.29 is 9.84 Å². The summed E-state index contributed by atoms with van der Waals surface area (Å²) in [5.41, 5.74) is 1.51. The van der Waals surface area contributed by atoms with Gasteiger partial charge in [-0.05, 0) is 50.1 Å². The van der Waals surface area contributed by atoms with Gasteiger partial charge in [-0.1, -0.05) is 0 Å². The number of hydrogen-bond donors (Lipinski definition) is 2. The summed E-state index contributed by atoms with van der Waals surface area (Å²) in [6.07, 6.45) is 8.37. The highest BCUT2D eigenvalue weighted by atomic mass is 16.5. The lowest BCUT2D eigenvalue weighted by Crippen LogP contribution is -2.39. The average Bonchev–Trinajstić information content (AvgIpc) is 2.86. The van der Waals surface area contributed by atoms with Crippen LogP contribution in [0.3, 0.4) is 0 Å².